The molecule has 0 heteroatoms. The van der Waals surface area contributed by atoms with E-state index in [1.165, 1.54) is 88.0 Å². The fourth-order valence-electron chi connectivity index (χ4n) is 7.46. The SMILES string of the molecule is c1ccc(-c2cc(-c3ccccc3)c(-c3c4ccccc4cc4c(-c5ccccc5)c5ccccc5cc34)c(-c3ccccc3)c2)cc1. The summed E-state index contributed by atoms with van der Waals surface area (Å²) in [5, 5.41) is 7.51. The Labute approximate surface area is 281 Å². The zero-order chi connectivity index (χ0) is 31.9. The Morgan fingerprint density at radius 1 is 0.208 bits per heavy atom. The van der Waals surface area contributed by atoms with E-state index in [1.807, 2.05) is 0 Å². The number of benzene rings is 9. The largest absolute Gasteiger partial charge is 0.0622 e. The lowest BCUT2D eigenvalue weighted by atomic mass is 9.80. The number of rotatable bonds is 5. The van der Waals surface area contributed by atoms with Gasteiger partial charge >= 0.3 is 0 Å². The van der Waals surface area contributed by atoms with Crippen molar-refractivity contribution in [1.82, 2.24) is 0 Å². The summed E-state index contributed by atoms with van der Waals surface area (Å²) in [6, 6.07) is 70.9. The van der Waals surface area contributed by atoms with Gasteiger partial charge in [-0.1, -0.05) is 170 Å². The highest BCUT2D eigenvalue weighted by Gasteiger charge is 2.23. The average molecular weight is 609 g/mol. The summed E-state index contributed by atoms with van der Waals surface area (Å²) in [5.74, 6) is 0. The van der Waals surface area contributed by atoms with Crippen molar-refractivity contribution in [2.75, 3.05) is 0 Å². The van der Waals surface area contributed by atoms with Crippen molar-refractivity contribution in [1.29, 1.82) is 0 Å². The van der Waals surface area contributed by atoms with Crippen LogP contribution in [-0.2, 0) is 0 Å². The van der Waals surface area contributed by atoms with E-state index in [4.69, 9.17) is 0 Å². The van der Waals surface area contributed by atoms with Crippen molar-refractivity contribution in [3.63, 3.8) is 0 Å². The van der Waals surface area contributed by atoms with E-state index in [0.29, 0.717) is 0 Å². The van der Waals surface area contributed by atoms with Gasteiger partial charge in [-0.2, -0.15) is 0 Å². The third-order valence-electron chi connectivity index (χ3n) is 9.62. The topological polar surface area (TPSA) is 0 Å². The van der Waals surface area contributed by atoms with Crippen LogP contribution in [-0.4, -0.2) is 0 Å². The van der Waals surface area contributed by atoms with Crippen molar-refractivity contribution in [3.8, 4) is 55.6 Å². The van der Waals surface area contributed by atoms with E-state index < -0.39 is 0 Å². The van der Waals surface area contributed by atoms with Crippen LogP contribution in [0.15, 0.2) is 194 Å². The highest BCUT2D eigenvalue weighted by atomic mass is 14.3. The quantitative estimate of drug-likeness (QED) is 0.171. The molecule has 0 nitrogen and oxygen atoms in total. The van der Waals surface area contributed by atoms with Gasteiger partial charge in [-0.3, -0.25) is 0 Å². The Morgan fingerprint density at radius 2 is 0.583 bits per heavy atom. The third kappa shape index (κ3) is 4.78. The second-order valence-electron chi connectivity index (χ2n) is 12.5. The summed E-state index contributed by atoms with van der Waals surface area (Å²) < 4.78 is 0. The second kappa shape index (κ2) is 11.8. The van der Waals surface area contributed by atoms with Gasteiger partial charge in [0.05, 0.1) is 0 Å². The molecule has 0 heterocycles. The van der Waals surface area contributed by atoms with Gasteiger partial charge in [-0.15, -0.1) is 0 Å². The van der Waals surface area contributed by atoms with E-state index in [9.17, 15) is 0 Å². The molecule has 0 saturated heterocycles. The van der Waals surface area contributed by atoms with E-state index in [0.717, 1.165) is 0 Å². The Balaban J connectivity index is 1.52. The zero-order valence-corrected chi connectivity index (χ0v) is 26.5. The summed E-state index contributed by atoms with van der Waals surface area (Å²) in [5.41, 5.74) is 12.3. The molecule has 0 bridgehead atoms. The van der Waals surface area contributed by atoms with Crippen LogP contribution < -0.4 is 0 Å². The minimum absolute atomic E-state index is 1.20. The van der Waals surface area contributed by atoms with Crippen LogP contribution >= 0.6 is 0 Å². The summed E-state index contributed by atoms with van der Waals surface area (Å²) in [6.45, 7) is 0. The first-order valence-electron chi connectivity index (χ1n) is 16.6. The molecule has 0 fully saturated rings. The van der Waals surface area contributed by atoms with Crippen LogP contribution in [0.1, 0.15) is 0 Å². The Hall–Kier alpha value is -6.24. The van der Waals surface area contributed by atoms with Crippen LogP contribution in [0.4, 0.5) is 0 Å². The molecule has 0 aromatic heterocycles. The highest BCUT2D eigenvalue weighted by molar-refractivity contribution is 6.24. The lowest BCUT2D eigenvalue weighted by molar-refractivity contribution is 1.56. The summed E-state index contributed by atoms with van der Waals surface area (Å²) in [7, 11) is 0. The second-order valence-corrected chi connectivity index (χ2v) is 12.5. The first-order valence-corrected chi connectivity index (χ1v) is 16.6. The van der Waals surface area contributed by atoms with Crippen LogP contribution in [0.25, 0.3) is 88.0 Å². The van der Waals surface area contributed by atoms with Gasteiger partial charge in [0.2, 0.25) is 0 Å². The van der Waals surface area contributed by atoms with Crippen molar-refractivity contribution in [2.45, 2.75) is 0 Å². The first kappa shape index (κ1) is 28.0. The molecule has 0 unspecified atom stereocenters. The van der Waals surface area contributed by atoms with Crippen molar-refractivity contribution >= 4 is 32.3 Å². The lowest BCUT2D eigenvalue weighted by Gasteiger charge is -2.23. The fraction of sp³-hybridized carbons (Fsp3) is 0. The molecule has 0 aliphatic heterocycles. The van der Waals surface area contributed by atoms with Crippen molar-refractivity contribution in [3.05, 3.63) is 194 Å². The van der Waals surface area contributed by atoms with Gasteiger partial charge in [-0.05, 0) is 112 Å². The normalized spacial score (nSPS) is 11.3. The molecular weight excluding hydrogens is 577 g/mol. The molecule has 48 heavy (non-hydrogen) atoms. The van der Waals surface area contributed by atoms with Crippen molar-refractivity contribution < 1.29 is 0 Å². The average Bonchev–Trinajstić information content (AvgIpc) is 3.17. The minimum atomic E-state index is 1.20. The maximum Gasteiger partial charge on any atom is -0.00139 e. The van der Waals surface area contributed by atoms with Gasteiger partial charge < -0.3 is 0 Å². The van der Waals surface area contributed by atoms with Crippen LogP contribution in [0.5, 0.6) is 0 Å². The summed E-state index contributed by atoms with van der Waals surface area (Å²) in [6.07, 6.45) is 0. The van der Waals surface area contributed by atoms with Gasteiger partial charge in [0.15, 0.2) is 0 Å². The van der Waals surface area contributed by atoms with E-state index in [-0.39, 0.29) is 0 Å². The van der Waals surface area contributed by atoms with Crippen LogP contribution in [0.2, 0.25) is 0 Å². The zero-order valence-electron chi connectivity index (χ0n) is 26.5. The molecule has 0 amide bonds. The van der Waals surface area contributed by atoms with Gasteiger partial charge in [-0.25, -0.2) is 0 Å². The molecule has 0 aliphatic carbocycles. The van der Waals surface area contributed by atoms with Gasteiger partial charge in [0, 0.05) is 0 Å². The highest BCUT2D eigenvalue weighted by Crippen LogP contribution is 2.50. The maximum atomic E-state index is 2.42. The molecule has 0 aliphatic rings. The summed E-state index contributed by atoms with van der Waals surface area (Å²) in [4.78, 5) is 0. The standard InChI is InChI=1S/C48H32/c1-5-17-33(18-6-1)39-31-42(34-19-7-2-8-20-34)48(43(32-39)35-21-9-3-10-22-35)47-41-28-16-14-26-38(41)29-44-45(47)30-37-25-13-15-27-40(37)46(44)36-23-11-4-12-24-36/h1-32H. The molecule has 0 atom stereocenters. The lowest BCUT2D eigenvalue weighted by Crippen LogP contribution is -1.96. The fourth-order valence-corrected chi connectivity index (χ4v) is 7.46. The molecule has 0 saturated carbocycles. The number of hydrogen-bond acceptors (Lipinski definition) is 0. The molecule has 0 N–H and O–H groups in total. The molecule has 0 spiro atoms. The third-order valence-corrected chi connectivity index (χ3v) is 9.62. The molecule has 224 valence electrons. The van der Waals surface area contributed by atoms with Gasteiger partial charge in [0.1, 0.15) is 0 Å². The number of hydrogen-bond donors (Lipinski definition) is 0. The van der Waals surface area contributed by atoms with Crippen LogP contribution in [0, 0.1) is 0 Å². The van der Waals surface area contributed by atoms with E-state index >= 15 is 0 Å². The molecular formula is C48H32. The van der Waals surface area contributed by atoms with Gasteiger partial charge in [0.25, 0.3) is 0 Å². The monoisotopic (exact) mass is 608 g/mol. The Morgan fingerprint density at radius 3 is 1.08 bits per heavy atom. The van der Waals surface area contributed by atoms with Crippen LogP contribution in [0.3, 0.4) is 0 Å². The molecule has 9 aromatic rings. The number of fused-ring (bicyclic) bond motifs is 3. The molecule has 0 radical (unpaired) electrons. The predicted molar refractivity (Wildman–Crippen MR) is 206 cm³/mol. The molecule has 9 rings (SSSR count). The molecule has 9 aromatic carbocycles. The first-order chi connectivity index (χ1) is 23.8. The predicted octanol–water partition coefficient (Wildman–Crippen LogP) is 13.5. The van der Waals surface area contributed by atoms with E-state index in [1.54, 1.807) is 0 Å². The smallest absolute Gasteiger partial charge is 0.00139 e. The minimum Gasteiger partial charge on any atom is -0.0622 e. The Kier molecular flexibility index (Phi) is 6.91. The van der Waals surface area contributed by atoms with Crippen molar-refractivity contribution in [2.24, 2.45) is 0 Å². The Bertz CT molecular complexity index is 2500. The van der Waals surface area contributed by atoms with E-state index in [2.05, 4.69) is 194 Å². The maximum absolute atomic E-state index is 2.42. The summed E-state index contributed by atoms with van der Waals surface area (Å²) >= 11 is 0.